The Morgan fingerprint density at radius 1 is 1.21 bits per heavy atom. The number of nitrogens with two attached hydrogens (primary N) is 1. The van der Waals surface area contributed by atoms with Crippen molar-refractivity contribution in [1.82, 2.24) is 20.2 Å². The van der Waals surface area contributed by atoms with Crippen molar-refractivity contribution < 1.29 is 0 Å². The second kappa shape index (κ2) is 4.91. The monoisotopic (exact) mass is 271 g/mol. The van der Waals surface area contributed by atoms with Gasteiger partial charge in [0.25, 0.3) is 0 Å². The first-order valence-electron chi connectivity index (χ1n) is 5.93. The number of hydrogen-bond acceptors (Lipinski definition) is 5. The van der Waals surface area contributed by atoms with Crippen LogP contribution in [0.5, 0.6) is 0 Å². The van der Waals surface area contributed by atoms with E-state index >= 15 is 0 Å². The average molecular weight is 271 g/mol. The number of nitrogens with one attached hydrogen (secondary N) is 1. The molecular formula is C13H13N5S. The maximum absolute atomic E-state index is 5.80. The summed E-state index contributed by atoms with van der Waals surface area (Å²) < 4.78 is 0. The average Bonchev–Trinajstić information content (AvgIpc) is 3.09. The van der Waals surface area contributed by atoms with Crippen LogP contribution < -0.4 is 5.73 Å². The van der Waals surface area contributed by atoms with Gasteiger partial charge in [-0.25, -0.2) is 9.97 Å². The first-order valence-corrected chi connectivity index (χ1v) is 6.81. The summed E-state index contributed by atoms with van der Waals surface area (Å²) in [5, 5.41) is 9.96. The molecule has 6 heteroatoms. The number of nitrogens with zero attached hydrogens (tertiary/aromatic N) is 3. The van der Waals surface area contributed by atoms with Gasteiger partial charge in [-0.15, -0.1) is 11.3 Å². The highest BCUT2D eigenvalue weighted by Gasteiger charge is 2.12. The van der Waals surface area contributed by atoms with Crippen molar-refractivity contribution in [3.05, 3.63) is 40.7 Å². The van der Waals surface area contributed by atoms with Crippen LogP contribution >= 0.6 is 11.3 Å². The molecule has 0 saturated carbocycles. The lowest BCUT2D eigenvalue weighted by Gasteiger charge is -1.96. The Morgan fingerprint density at radius 2 is 2.00 bits per heavy atom. The summed E-state index contributed by atoms with van der Waals surface area (Å²) in [7, 11) is 0. The van der Waals surface area contributed by atoms with E-state index in [1.165, 1.54) is 11.3 Å². The number of benzene rings is 1. The summed E-state index contributed by atoms with van der Waals surface area (Å²) in [6.07, 6.45) is 0. The summed E-state index contributed by atoms with van der Waals surface area (Å²) in [4.78, 5) is 8.91. The fourth-order valence-electron chi connectivity index (χ4n) is 1.70. The molecule has 3 aromatic rings. The van der Waals surface area contributed by atoms with Crippen LogP contribution in [-0.2, 0) is 0 Å². The Balaban J connectivity index is 1.92. The molecule has 1 aromatic carbocycles. The Kier molecular flexibility index (Phi) is 3.10. The molecule has 1 unspecified atom stereocenters. The molecule has 0 radical (unpaired) electrons. The normalized spacial score (nSPS) is 12.5. The van der Waals surface area contributed by atoms with Crippen LogP contribution in [0.2, 0.25) is 0 Å². The molecular weight excluding hydrogens is 258 g/mol. The Hall–Kier alpha value is -2.05. The highest BCUT2D eigenvalue weighted by molar-refractivity contribution is 7.10. The van der Waals surface area contributed by atoms with E-state index in [-0.39, 0.29) is 6.04 Å². The van der Waals surface area contributed by atoms with E-state index in [4.69, 9.17) is 5.73 Å². The summed E-state index contributed by atoms with van der Waals surface area (Å²) in [6.45, 7) is 1.92. The van der Waals surface area contributed by atoms with E-state index in [2.05, 4.69) is 20.2 Å². The quantitative estimate of drug-likeness (QED) is 0.767. The molecule has 2 heterocycles. The fourth-order valence-corrected chi connectivity index (χ4v) is 2.46. The van der Waals surface area contributed by atoms with E-state index in [0.29, 0.717) is 11.6 Å². The van der Waals surface area contributed by atoms with Crippen LogP contribution in [0.3, 0.4) is 0 Å². The molecule has 3 rings (SSSR count). The van der Waals surface area contributed by atoms with Crippen molar-refractivity contribution in [3.8, 4) is 22.9 Å². The third kappa shape index (κ3) is 2.40. The molecule has 0 aliphatic carbocycles. The van der Waals surface area contributed by atoms with Crippen molar-refractivity contribution >= 4 is 11.3 Å². The van der Waals surface area contributed by atoms with Gasteiger partial charge in [0.15, 0.2) is 11.6 Å². The second-order valence-corrected chi connectivity index (χ2v) is 5.12. The number of hydrogen-bond donors (Lipinski definition) is 2. The molecule has 0 bridgehead atoms. The number of thiazole rings is 1. The van der Waals surface area contributed by atoms with Crippen molar-refractivity contribution in [2.75, 3.05) is 0 Å². The highest BCUT2D eigenvalue weighted by atomic mass is 32.1. The fraction of sp³-hybridized carbons (Fsp3) is 0.154. The van der Waals surface area contributed by atoms with Gasteiger partial charge in [-0.2, -0.15) is 5.10 Å². The molecule has 2 aromatic heterocycles. The largest absolute Gasteiger partial charge is 0.322 e. The van der Waals surface area contributed by atoms with Crippen LogP contribution in [0.4, 0.5) is 0 Å². The Labute approximate surface area is 114 Å². The molecule has 19 heavy (non-hydrogen) atoms. The van der Waals surface area contributed by atoms with Gasteiger partial charge in [0.1, 0.15) is 10.7 Å². The summed E-state index contributed by atoms with van der Waals surface area (Å²) >= 11 is 1.53. The van der Waals surface area contributed by atoms with Crippen LogP contribution in [0, 0.1) is 0 Å². The van der Waals surface area contributed by atoms with E-state index in [0.717, 1.165) is 16.3 Å². The van der Waals surface area contributed by atoms with E-state index < -0.39 is 0 Å². The standard InChI is InChI=1S/C13H13N5S/c1-8(14)13-15-10(7-19-13)12-16-11(17-18-12)9-5-3-2-4-6-9/h2-8H,14H2,1H3,(H,16,17,18). The minimum Gasteiger partial charge on any atom is -0.322 e. The number of aromatic nitrogens is 4. The topological polar surface area (TPSA) is 80.5 Å². The smallest absolute Gasteiger partial charge is 0.181 e. The van der Waals surface area contributed by atoms with Crippen LogP contribution in [0.25, 0.3) is 22.9 Å². The van der Waals surface area contributed by atoms with Crippen LogP contribution in [-0.4, -0.2) is 20.2 Å². The van der Waals surface area contributed by atoms with Crippen molar-refractivity contribution in [2.24, 2.45) is 5.73 Å². The SMILES string of the molecule is CC(N)c1nc(-c2nc(-c3ccccc3)n[nH]2)cs1. The van der Waals surface area contributed by atoms with Gasteiger partial charge in [-0.05, 0) is 6.92 Å². The first-order chi connectivity index (χ1) is 9.24. The Morgan fingerprint density at radius 3 is 2.68 bits per heavy atom. The van der Waals surface area contributed by atoms with Gasteiger partial charge in [-0.1, -0.05) is 30.3 Å². The number of aromatic amines is 1. The second-order valence-electron chi connectivity index (χ2n) is 4.23. The van der Waals surface area contributed by atoms with E-state index in [1.807, 2.05) is 42.6 Å². The predicted octanol–water partition coefficient (Wildman–Crippen LogP) is 2.61. The van der Waals surface area contributed by atoms with Gasteiger partial charge in [-0.3, -0.25) is 5.10 Å². The summed E-state index contributed by atoms with van der Waals surface area (Å²) in [6, 6.07) is 9.77. The molecule has 96 valence electrons. The highest BCUT2D eigenvalue weighted by Crippen LogP contribution is 2.23. The molecule has 0 saturated heterocycles. The maximum atomic E-state index is 5.80. The summed E-state index contributed by atoms with van der Waals surface area (Å²) in [5.41, 5.74) is 7.57. The van der Waals surface area contributed by atoms with Gasteiger partial charge in [0.2, 0.25) is 0 Å². The van der Waals surface area contributed by atoms with Gasteiger partial charge < -0.3 is 5.73 Å². The van der Waals surface area contributed by atoms with Gasteiger partial charge >= 0.3 is 0 Å². The van der Waals surface area contributed by atoms with Crippen molar-refractivity contribution in [3.63, 3.8) is 0 Å². The molecule has 3 N–H and O–H groups in total. The molecule has 0 spiro atoms. The predicted molar refractivity (Wildman–Crippen MR) is 75.5 cm³/mol. The Bertz CT molecular complexity index is 671. The third-order valence-corrected chi connectivity index (χ3v) is 3.72. The summed E-state index contributed by atoms with van der Waals surface area (Å²) in [5.74, 6) is 1.34. The molecule has 5 nitrogen and oxygen atoms in total. The lowest BCUT2D eigenvalue weighted by molar-refractivity contribution is 0.807. The lowest BCUT2D eigenvalue weighted by Crippen LogP contribution is -2.03. The number of rotatable bonds is 3. The van der Waals surface area contributed by atoms with E-state index in [1.54, 1.807) is 0 Å². The minimum atomic E-state index is -0.0599. The molecule has 0 fully saturated rings. The molecule has 1 atom stereocenters. The van der Waals surface area contributed by atoms with Crippen molar-refractivity contribution in [1.29, 1.82) is 0 Å². The van der Waals surface area contributed by atoms with Crippen molar-refractivity contribution in [2.45, 2.75) is 13.0 Å². The molecule has 0 aliphatic heterocycles. The van der Waals surface area contributed by atoms with Gasteiger partial charge in [0.05, 0.1) is 6.04 Å². The molecule has 0 aliphatic rings. The lowest BCUT2D eigenvalue weighted by atomic mass is 10.2. The number of H-pyrrole nitrogens is 1. The first kappa shape index (κ1) is 12.0. The zero-order valence-electron chi connectivity index (χ0n) is 10.4. The van der Waals surface area contributed by atoms with Crippen LogP contribution in [0.1, 0.15) is 18.0 Å². The maximum Gasteiger partial charge on any atom is 0.181 e. The zero-order valence-corrected chi connectivity index (χ0v) is 11.2. The van der Waals surface area contributed by atoms with E-state index in [9.17, 15) is 0 Å². The van der Waals surface area contributed by atoms with Crippen LogP contribution in [0.15, 0.2) is 35.7 Å². The van der Waals surface area contributed by atoms with Gasteiger partial charge in [0, 0.05) is 10.9 Å². The molecule has 0 amide bonds. The zero-order chi connectivity index (χ0) is 13.2. The third-order valence-electron chi connectivity index (χ3n) is 2.67. The minimum absolute atomic E-state index is 0.0599.